The molecule has 5 amide bonds. The number of benzene rings is 2. The molecule has 5 heterocycles. The molecule has 0 spiro atoms. The molecule has 2 saturated heterocycles. The number of aromatic amines is 1. The Labute approximate surface area is 396 Å². The first-order chi connectivity index (χ1) is 33.4. The van der Waals surface area contributed by atoms with Crippen molar-refractivity contribution < 1.29 is 56.4 Å². The number of aromatic nitrogens is 4. The monoisotopic (exact) mass is 957 g/mol. The van der Waals surface area contributed by atoms with Crippen molar-refractivity contribution in [2.24, 2.45) is 17.3 Å². The SMILES string of the molecule is C[C@@]12Cc3[nH]nc(C(=O)Nc4cnn([C@H](c5ccccc5)C5CN(CCOCCOCCOCCOCCOCCNc6cccc7c6C(=O)N(C6CCC(=O)NC6=O)C7=O)C5)c4)c3C[C@@H]1C2(F)F. The number of piperidine rings is 1. The van der Waals surface area contributed by atoms with E-state index in [4.69, 9.17) is 23.7 Å². The van der Waals surface area contributed by atoms with Crippen molar-refractivity contribution in [1.82, 2.24) is 35.1 Å². The summed E-state index contributed by atoms with van der Waals surface area (Å²) < 4.78 is 59.0. The number of hydrogen-bond acceptors (Lipinski definition) is 14. The highest BCUT2D eigenvalue weighted by Crippen LogP contribution is 2.70. The zero-order valence-electron chi connectivity index (χ0n) is 38.4. The van der Waals surface area contributed by atoms with Crippen LogP contribution in [0.15, 0.2) is 60.9 Å². The summed E-state index contributed by atoms with van der Waals surface area (Å²) in [6.45, 7) is 8.62. The maximum absolute atomic E-state index is 14.5. The molecule has 368 valence electrons. The number of nitrogens with one attached hydrogen (secondary N) is 4. The number of rotatable bonds is 25. The number of alkyl halides is 2. The number of fused-ring (bicyclic) bond motifs is 3. The molecule has 1 unspecified atom stereocenters. The fourth-order valence-electron chi connectivity index (χ4n) is 9.92. The van der Waals surface area contributed by atoms with Crippen molar-refractivity contribution in [1.29, 1.82) is 0 Å². The van der Waals surface area contributed by atoms with Gasteiger partial charge in [0.2, 0.25) is 11.8 Å². The third-order valence-electron chi connectivity index (χ3n) is 13.8. The first-order valence-corrected chi connectivity index (χ1v) is 23.5. The van der Waals surface area contributed by atoms with Gasteiger partial charge in [0.05, 0.1) is 95.1 Å². The largest absolute Gasteiger partial charge is 0.382 e. The van der Waals surface area contributed by atoms with Gasteiger partial charge in [0, 0.05) is 79.4 Å². The second kappa shape index (κ2) is 20.9. The summed E-state index contributed by atoms with van der Waals surface area (Å²) in [6.07, 6.45) is 3.86. The Morgan fingerprint density at radius 3 is 2.25 bits per heavy atom. The molecule has 4 N–H and O–H groups in total. The molecule has 4 aromatic rings. The minimum absolute atomic E-state index is 0.0554. The second-order valence-corrected chi connectivity index (χ2v) is 18.2. The number of hydrogen-bond donors (Lipinski definition) is 4. The van der Waals surface area contributed by atoms with Gasteiger partial charge in [-0.25, -0.2) is 8.78 Å². The smallest absolute Gasteiger partial charge is 0.276 e. The van der Waals surface area contributed by atoms with Crippen molar-refractivity contribution >= 4 is 40.9 Å². The Kier molecular flexibility index (Phi) is 14.6. The van der Waals surface area contributed by atoms with Crippen LogP contribution in [0, 0.1) is 17.3 Å². The highest BCUT2D eigenvalue weighted by molar-refractivity contribution is 6.25. The minimum atomic E-state index is -2.74. The lowest BCUT2D eigenvalue weighted by Crippen LogP contribution is -2.54. The van der Waals surface area contributed by atoms with Crippen molar-refractivity contribution in [2.45, 2.75) is 50.6 Å². The highest BCUT2D eigenvalue weighted by atomic mass is 19.3. The van der Waals surface area contributed by atoms with Crippen molar-refractivity contribution in [3.05, 3.63) is 94.6 Å². The number of nitrogens with zero attached hydrogens (tertiary/aromatic N) is 5. The normalized spacial score (nSPS) is 22.2. The molecule has 0 bridgehead atoms. The average molecular weight is 958 g/mol. The predicted molar refractivity (Wildman–Crippen MR) is 243 cm³/mol. The van der Waals surface area contributed by atoms with Crippen molar-refractivity contribution in [2.75, 3.05) is 103 Å². The Balaban J connectivity index is 0.589. The second-order valence-electron chi connectivity index (χ2n) is 18.2. The molecule has 3 fully saturated rings. The number of carbonyl (C=O) groups is 5. The first kappa shape index (κ1) is 48.1. The molecule has 19 nitrogen and oxygen atoms in total. The van der Waals surface area contributed by atoms with Gasteiger partial charge in [0.1, 0.15) is 6.04 Å². The fourth-order valence-corrected chi connectivity index (χ4v) is 9.92. The van der Waals surface area contributed by atoms with Crippen LogP contribution in [0.5, 0.6) is 0 Å². The molecule has 5 aliphatic rings. The van der Waals surface area contributed by atoms with Crippen molar-refractivity contribution in [3.63, 3.8) is 0 Å². The van der Waals surface area contributed by atoms with Crippen LogP contribution in [0.3, 0.4) is 0 Å². The Morgan fingerprint density at radius 2 is 1.55 bits per heavy atom. The average Bonchev–Trinajstić information content (AvgIpc) is 3.84. The number of carbonyl (C=O) groups excluding carboxylic acids is 5. The maximum Gasteiger partial charge on any atom is 0.276 e. The number of likely N-dealkylation sites (tertiary alicyclic amines) is 1. The van der Waals surface area contributed by atoms with Crippen LogP contribution in [0.1, 0.15) is 73.8 Å². The third-order valence-corrected chi connectivity index (χ3v) is 13.8. The van der Waals surface area contributed by atoms with Crippen LogP contribution in [0.25, 0.3) is 0 Å². The number of ether oxygens (including phenoxy) is 5. The van der Waals surface area contributed by atoms with Crippen LogP contribution in [-0.4, -0.2) is 164 Å². The number of imide groups is 2. The lowest BCUT2D eigenvalue weighted by molar-refractivity contribution is -0.136. The number of anilines is 2. The van der Waals surface area contributed by atoms with Crippen LogP contribution in [0.2, 0.25) is 0 Å². The molecule has 2 aliphatic carbocycles. The van der Waals surface area contributed by atoms with Crippen LogP contribution >= 0.6 is 0 Å². The molecule has 4 atom stereocenters. The third kappa shape index (κ3) is 10.2. The molecule has 2 aromatic heterocycles. The fraction of sp³-hybridized carbons (Fsp3) is 0.521. The molecular weight excluding hydrogens is 901 g/mol. The number of halogens is 2. The maximum atomic E-state index is 14.5. The standard InChI is InChI=1S/C48H57F2N9O10/c1-47-25-36-34(24-38(47)48(47,49)50)41(56-55-36)44(62)53-32-26-52-58(29-32)42(30-6-3-2-4-7-30)31-27-57(28-31)13-15-66-17-19-68-21-23-69-22-20-67-18-16-65-14-12-51-35-9-5-8-33-40(35)46(64)59(45(33)63)37-10-11-39(60)54-43(37)61/h2-9,26,29,31,37-38,42,51H,10-25,27-28H2,1H3,(H,53,62)(H,55,56)(H,54,60,61)/t37?,38-,42+,47+/m0/s1. The van der Waals surface area contributed by atoms with Crippen molar-refractivity contribution in [3.8, 4) is 0 Å². The molecule has 21 heteroatoms. The lowest BCUT2D eigenvalue weighted by Gasteiger charge is -2.43. The molecule has 0 radical (unpaired) electrons. The van der Waals surface area contributed by atoms with E-state index in [1.807, 2.05) is 29.1 Å². The van der Waals surface area contributed by atoms with E-state index in [0.717, 1.165) is 30.1 Å². The van der Waals surface area contributed by atoms with E-state index in [0.29, 0.717) is 95.2 Å². The summed E-state index contributed by atoms with van der Waals surface area (Å²) in [7, 11) is 0. The summed E-state index contributed by atoms with van der Waals surface area (Å²) in [5.41, 5.74) is 2.75. The quantitative estimate of drug-likeness (QED) is 0.0554. The lowest BCUT2D eigenvalue weighted by atomic mass is 9.87. The molecule has 3 aliphatic heterocycles. The van der Waals surface area contributed by atoms with E-state index in [1.165, 1.54) is 0 Å². The van der Waals surface area contributed by atoms with E-state index >= 15 is 0 Å². The minimum Gasteiger partial charge on any atom is -0.382 e. The topological polar surface area (TPSA) is 221 Å². The molecule has 9 rings (SSSR count). The Bertz CT molecular complexity index is 2520. The van der Waals surface area contributed by atoms with E-state index in [-0.39, 0.29) is 54.5 Å². The van der Waals surface area contributed by atoms with Crippen LogP contribution in [-0.2, 0) is 46.1 Å². The van der Waals surface area contributed by atoms with Crippen LogP contribution in [0.4, 0.5) is 20.2 Å². The predicted octanol–water partition coefficient (Wildman–Crippen LogP) is 3.35. The van der Waals surface area contributed by atoms with Crippen LogP contribution < -0.4 is 16.0 Å². The Hall–Kier alpha value is -5.97. The summed E-state index contributed by atoms with van der Waals surface area (Å²) >= 11 is 0. The molecular formula is C48H57F2N9O10. The Morgan fingerprint density at radius 1 is 0.870 bits per heavy atom. The first-order valence-electron chi connectivity index (χ1n) is 23.5. The molecule has 2 aromatic carbocycles. The van der Waals surface area contributed by atoms with Gasteiger partial charge in [-0.15, -0.1) is 0 Å². The van der Waals surface area contributed by atoms with Gasteiger partial charge in [-0.2, -0.15) is 10.2 Å². The molecule has 1 saturated carbocycles. The number of H-pyrrole nitrogens is 1. The summed E-state index contributed by atoms with van der Waals surface area (Å²) in [6, 6.07) is 13.9. The van der Waals surface area contributed by atoms with E-state index in [2.05, 4.69) is 48.3 Å². The van der Waals surface area contributed by atoms with E-state index in [1.54, 1.807) is 31.3 Å². The van der Waals surface area contributed by atoms with Gasteiger partial charge in [0.15, 0.2) is 5.69 Å². The number of amides is 5. The van der Waals surface area contributed by atoms with Gasteiger partial charge in [-0.1, -0.05) is 43.3 Å². The van der Waals surface area contributed by atoms with Gasteiger partial charge >= 0.3 is 0 Å². The van der Waals surface area contributed by atoms with Gasteiger partial charge in [-0.3, -0.25) is 44.0 Å². The zero-order chi connectivity index (χ0) is 48.1. The van der Waals surface area contributed by atoms with E-state index < -0.39 is 52.8 Å². The van der Waals surface area contributed by atoms with Gasteiger partial charge < -0.3 is 39.2 Å². The highest BCUT2D eigenvalue weighted by Gasteiger charge is 2.78. The van der Waals surface area contributed by atoms with Gasteiger partial charge in [-0.05, 0) is 30.5 Å². The summed E-state index contributed by atoms with van der Waals surface area (Å²) in [4.78, 5) is 66.8. The van der Waals surface area contributed by atoms with Gasteiger partial charge in [0.25, 0.3) is 23.6 Å². The summed E-state index contributed by atoms with van der Waals surface area (Å²) in [5.74, 6) is -5.89. The summed E-state index contributed by atoms with van der Waals surface area (Å²) in [5, 5.41) is 19.9. The van der Waals surface area contributed by atoms with E-state index in [9.17, 15) is 32.8 Å². The molecule has 69 heavy (non-hydrogen) atoms. The zero-order valence-corrected chi connectivity index (χ0v) is 38.4.